The number of hydrogen-bond acceptors (Lipinski definition) is 5. The second-order valence-electron chi connectivity index (χ2n) is 7.84. The summed E-state index contributed by atoms with van der Waals surface area (Å²) in [6, 6.07) is 4.39. The highest BCUT2D eigenvalue weighted by Crippen LogP contribution is 2.36. The van der Waals surface area contributed by atoms with Gasteiger partial charge in [-0.05, 0) is 44.4 Å². The number of H-pyrrole nitrogens is 1. The molecular formula is C21H22F3N5O2. The number of halogens is 3. The average molecular weight is 433 g/mol. The Balaban J connectivity index is 1.47. The van der Waals surface area contributed by atoms with Gasteiger partial charge in [-0.25, -0.2) is 4.98 Å². The third-order valence-electron chi connectivity index (χ3n) is 5.67. The zero-order valence-electron chi connectivity index (χ0n) is 17.1. The van der Waals surface area contributed by atoms with Crippen molar-refractivity contribution < 1.29 is 22.4 Å². The Morgan fingerprint density at radius 3 is 2.77 bits per heavy atom. The van der Waals surface area contributed by atoms with E-state index in [1.165, 1.54) is 17.0 Å². The number of imidazole rings is 1. The number of aryl methyl sites for hydroxylation is 1. The van der Waals surface area contributed by atoms with Crippen LogP contribution in [0.3, 0.4) is 0 Å². The van der Waals surface area contributed by atoms with Gasteiger partial charge in [-0.15, -0.1) is 10.2 Å². The summed E-state index contributed by atoms with van der Waals surface area (Å²) < 4.78 is 44.8. The molecule has 2 heterocycles. The van der Waals surface area contributed by atoms with E-state index >= 15 is 0 Å². The first-order valence-electron chi connectivity index (χ1n) is 10.0. The highest BCUT2D eigenvalue weighted by molar-refractivity contribution is 5.94. The third kappa shape index (κ3) is 4.47. The normalized spacial score (nSPS) is 19.4. The quantitative estimate of drug-likeness (QED) is 0.651. The summed E-state index contributed by atoms with van der Waals surface area (Å²) in [5.74, 6) is 1.12. The van der Waals surface area contributed by atoms with E-state index < -0.39 is 17.6 Å². The number of benzene rings is 1. The molecule has 164 valence electrons. The van der Waals surface area contributed by atoms with Gasteiger partial charge in [0.25, 0.3) is 11.8 Å². The van der Waals surface area contributed by atoms with E-state index in [-0.39, 0.29) is 17.5 Å². The molecule has 4 rings (SSSR count). The molecule has 0 spiro atoms. The second-order valence-corrected chi connectivity index (χ2v) is 7.84. The molecule has 10 heteroatoms. The zero-order valence-corrected chi connectivity index (χ0v) is 17.1. The van der Waals surface area contributed by atoms with Crippen LogP contribution in [0.4, 0.5) is 13.2 Å². The van der Waals surface area contributed by atoms with Crippen LogP contribution in [0.1, 0.15) is 59.2 Å². The molecular weight excluding hydrogens is 411 g/mol. The lowest BCUT2D eigenvalue weighted by atomic mass is 9.84. The van der Waals surface area contributed by atoms with Crippen molar-refractivity contribution >= 4 is 5.91 Å². The fourth-order valence-electron chi connectivity index (χ4n) is 3.98. The van der Waals surface area contributed by atoms with E-state index in [0.717, 1.165) is 37.2 Å². The van der Waals surface area contributed by atoms with Gasteiger partial charge in [0, 0.05) is 24.6 Å². The number of carbonyl (C=O) groups excluding carboxylic acids is 1. The van der Waals surface area contributed by atoms with Crippen molar-refractivity contribution in [2.75, 3.05) is 7.05 Å². The van der Waals surface area contributed by atoms with Gasteiger partial charge in [0.15, 0.2) is 0 Å². The Bertz CT molecular complexity index is 1070. The minimum Gasteiger partial charge on any atom is -0.419 e. The van der Waals surface area contributed by atoms with Crippen LogP contribution in [0, 0.1) is 6.92 Å². The van der Waals surface area contributed by atoms with E-state index in [4.69, 9.17) is 4.42 Å². The average Bonchev–Trinajstić information content (AvgIpc) is 3.41. The molecule has 2 aromatic heterocycles. The Kier molecular flexibility index (Phi) is 5.55. The summed E-state index contributed by atoms with van der Waals surface area (Å²) in [7, 11) is 1.63. The zero-order chi connectivity index (χ0) is 22.2. The summed E-state index contributed by atoms with van der Waals surface area (Å²) in [5, 5.41) is 8.25. The van der Waals surface area contributed by atoms with Crippen LogP contribution in [-0.2, 0) is 6.18 Å². The number of hydrogen-bond donors (Lipinski definition) is 1. The van der Waals surface area contributed by atoms with Crippen molar-refractivity contribution in [3.8, 4) is 11.6 Å². The summed E-state index contributed by atoms with van der Waals surface area (Å²) >= 11 is 0. The van der Waals surface area contributed by atoms with Crippen LogP contribution < -0.4 is 0 Å². The van der Waals surface area contributed by atoms with Crippen LogP contribution in [0.15, 0.2) is 34.9 Å². The predicted molar refractivity (Wildman–Crippen MR) is 105 cm³/mol. The van der Waals surface area contributed by atoms with Crippen LogP contribution in [0.2, 0.25) is 0 Å². The molecule has 0 bridgehead atoms. The first-order valence-corrected chi connectivity index (χ1v) is 10.0. The van der Waals surface area contributed by atoms with Gasteiger partial charge < -0.3 is 14.3 Å². The maximum Gasteiger partial charge on any atom is 0.416 e. The Labute approximate surface area is 176 Å². The molecule has 31 heavy (non-hydrogen) atoms. The molecule has 1 aliphatic carbocycles. The van der Waals surface area contributed by atoms with Crippen LogP contribution >= 0.6 is 0 Å². The van der Waals surface area contributed by atoms with Crippen LogP contribution in [-0.4, -0.2) is 44.1 Å². The summed E-state index contributed by atoms with van der Waals surface area (Å²) in [4.78, 5) is 21.5. The molecule has 0 unspecified atom stereocenters. The minimum absolute atomic E-state index is 0.0224. The predicted octanol–water partition coefficient (Wildman–Crippen LogP) is 4.59. The second kappa shape index (κ2) is 8.16. The van der Waals surface area contributed by atoms with Crippen molar-refractivity contribution in [2.45, 2.75) is 50.7 Å². The number of nitrogens with one attached hydrogen (secondary N) is 1. The van der Waals surface area contributed by atoms with Crippen LogP contribution in [0.25, 0.3) is 11.6 Å². The molecule has 1 saturated carbocycles. The van der Waals surface area contributed by atoms with Gasteiger partial charge in [0.2, 0.25) is 5.89 Å². The monoisotopic (exact) mass is 433 g/mol. The van der Waals surface area contributed by atoms with E-state index in [1.54, 1.807) is 13.2 Å². The van der Waals surface area contributed by atoms with E-state index in [0.29, 0.717) is 23.9 Å². The fraction of sp³-hybridized carbons (Fsp3) is 0.429. The van der Waals surface area contributed by atoms with Crippen molar-refractivity contribution in [2.24, 2.45) is 0 Å². The van der Waals surface area contributed by atoms with Gasteiger partial charge in [-0.1, -0.05) is 12.5 Å². The molecule has 2 atom stereocenters. The number of aromatic nitrogens is 4. The minimum atomic E-state index is -4.49. The molecule has 3 aromatic rings. The van der Waals surface area contributed by atoms with Crippen molar-refractivity contribution in [1.29, 1.82) is 0 Å². The number of carbonyl (C=O) groups is 1. The largest absolute Gasteiger partial charge is 0.419 e. The highest BCUT2D eigenvalue weighted by Gasteiger charge is 2.34. The maximum absolute atomic E-state index is 13.0. The number of aromatic amines is 1. The Morgan fingerprint density at radius 1 is 1.26 bits per heavy atom. The standard InChI is InChI=1S/C21H22F3N5O2/c1-12-25-11-17(26-12)19-28-27-18(31-19)13-5-4-8-16(10-13)29(2)20(30)14-6-3-7-15(9-14)21(22,23)24/h3,6-7,9,11,13,16H,4-5,8,10H2,1-2H3,(H,25,26)/t13-,16+/m0/s1. The van der Waals surface area contributed by atoms with Crippen LogP contribution in [0.5, 0.6) is 0 Å². The van der Waals surface area contributed by atoms with E-state index in [9.17, 15) is 18.0 Å². The van der Waals surface area contributed by atoms with Gasteiger partial charge >= 0.3 is 6.18 Å². The van der Waals surface area contributed by atoms with Gasteiger partial charge in [0.1, 0.15) is 11.5 Å². The molecule has 1 amide bonds. The Hall–Kier alpha value is -3.17. The molecule has 7 nitrogen and oxygen atoms in total. The number of nitrogens with zero attached hydrogens (tertiary/aromatic N) is 4. The maximum atomic E-state index is 13.0. The van der Waals surface area contributed by atoms with E-state index in [2.05, 4.69) is 20.2 Å². The van der Waals surface area contributed by atoms with Gasteiger partial charge in [-0.2, -0.15) is 13.2 Å². The van der Waals surface area contributed by atoms with Gasteiger partial charge in [-0.3, -0.25) is 4.79 Å². The summed E-state index contributed by atoms with van der Waals surface area (Å²) in [6.45, 7) is 1.82. The number of rotatable bonds is 4. The molecule has 0 aliphatic heterocycles. The first-order chi connectivity index (χ1) is 14.7. The lowest BCUT2D eigenvalue weighted by Crippen LogP contribution is -2.40. The smallest absolute Gasteiger partial charge is 0.416 e. The molecule has 1 aromatic carbocycles. The van der Waals surface area contributed by atoms with Crippen molar-refractivity contribution in [1.82, 2.24) is 25.1 Å². The molecule has 1 fully saturated rings. The molecule has 1 aliphatic rings. The lowest BCUT2D eigenvalue weighted by molar-refractivity contribution is -0.137. The fourth-order valence-corrected chi connectivity index (χ4v) is 3.98. The SMILES string of the molecule is Cc1ncc(-c2nnc([C@H]3CCC[C@@H](N(C)C(=O)c4cccc(C(F)(F)F)c4)C3)o2)[nH]1. The van der Waals surface area contributed by atoms with Gasteiger partial charge in [0.05, 0.1) is 11.8 Å². The first kappa shape index (κ1) is 21.1. The number of amides is 1. The lowest BCUT2D eigenvalue weighted by Gasteiger charge is -2.34. The van der Waals surface area contributed by atoms with Crippen molar-refractivity contribution in [3.63, 3.8) is 0 Å². The third-order valence-corrected chi connectivity index (χ3v) is 5.67. The van der Waals surface area contributed by atoms with Crippen molar-refractivity contribution in [3.05, 3.63) is 53.3 Å². The van der Waals surface area contributed by atoms with E-state index in [1.807, 2.05) is 6.92 Å². The molecule has 0 radical (unpaired) electrons. The number of alkyl halides is 3. The Morgan fingerprint density at radius 2 is 2.06 bits per heavy atom. The molecule has 0 saturated heterocycles. The highest BCUT2D eigenvalue weighted by atomic mass is 19.4. The summed E-state index contributed by atoms with van der Waals surface area (Å²) in [5.41, 5.74) is -0.171. The topological polar surface area (TPSA) is 87.9 Å². The summed E-state index contributed by atoms with van der Waals surface area (Å²) in [6.07, 6.45) is 0.177. The molecule has 1 N–H and O–H groups in total.